The van der Waals surface area contributed by atoms with E-state index in [1.54, 1.807) is 11.3 Å². The minimum Gasteiger partial charge on any atom is -0.336 e. The molecule has 0 radical (unpaired) electrons. The molecule has 1 aromatic heterocycles. The van der Waals surface area contributed by atoms with Crippen LogP contribution in [0.2, 0.25) is 0 Å². The molecule has 0 N–H and O–H groups in total. The number of nitrogens with zero attached hydrogens (tertiary/aromatic N) is 1. The van der Waals surface area contributed by atoms with Crippen molar-refractivity contribution in [3.8, 4) is 0 Å². The van der Waals surface area contributed by atoms with Gasteiger partial charge in [0.15, 0.2) is 0 Å². The lowest BCUT2D eigenvalue weighted by molar-refractivity contribution is -0.132. The maximum Gasteiger partial charge on any atom is 0.223 e. The molecule has 1 fully saturated rings. The molecule has 1 aliphatic heterocycles. The van der Waals surface area contributed by atoms with Crippen molar-refractivity contribution in [2.24, 2.45) is 0 Å². The summed E-state index contributed by atoms with van der Waals surface area (Å²) in [6.45, 7) is 3.00. The van der Waals surface area contributed by atoms with Gasteiger partial charge in [-0.3, -0.25) is 4.79 Å². The van der Waals surface area contributed by atoms with E-state index in [1.165, 1.54) is 16.7 Å². The highest BCUT2D eigenvalue weighted by molar-refractivity contribution is 7.07. The SMILES string of the molecule is Cc1ccc(C2CCCN2C(=O)CCc2ccsc2)cc1. The number of thiophene rings is 1. The molecule has 3 heteroatoms. The molecule has 110 valence electrons. The molecule has 2 heterocycles. The predicted molar refractivity (Wildman–Crippen MR) is 87.5 cm³/mol. The zero-order valence-corrected chi connectivity index (χ0v) is 13.2. The van der Waals surface area contributed by atoms with E-state index in [1.807, 2.05) is 0 Å². The summed E-state index contributed by atoms with van der Waals surface area (Å²) in [5.74, 6) is 0.296. The first-order chi connectivity index (χ1) is 10.2. The Balaban J connectivity index is 1.65. The van der Waals surface area contributed by atoms with E-state index in [4.69, 9.17) is 0 Å². The molecule has 1 aliphatic rings. The fourth-order valence-corrected chi connectivity index (χ4v) is 3.73. The van der Waals surface area contributed by atoms with Crippen LogP contribution in [0.4, 0.5) is 0 Å². The van der Waals surface area contributed by atoms with Gasteiger partial charge in [0, 0.05) is 13.0 Å². The zero-order chi connectivity index (χ0) is 14.7. The summed E-state index contributed by atoms with van der Waals surface area (Å²) >= 11 is 1.70. The molecule has 1 aromatic carbocycles. The molecular weight excluding hydrogens is 278 g/mol. The lowest BCUT2D eigenvalue weighted by Crippen LogP contribution is -2.30. The molecule has 2 aromatic rings. The summed E-state index contributed by atoms with van der Waals surface area (Å²) in [5.41, 5.74) is 3.83. The van der Waals surface area contributed by atoms with Crippen LogP contribution in [0.1, 0.15) is 42.0 Å². The highest BCUT2D eigenvalue weighted by Crippen LogP contribution is 2.32. The van der Waals surface area contributed by atoms with Gasteiger partial charge < -0.3 is 4.90 Å². The van der Waals surface area contributed by atoms with Gasteiger partial charge in [-0.2, -0.15) is 11.3 Å². The van der Waals surface area contributed by atoms with E-state index in [-0.39, 0.29) is 6.04 Å². The molecule has 3 rings (SSSR count). The quantitative estimate of drug-likeness (QED) is 0.821. The molecule has 1 atom stereocenters. The topological polar surface area (TPSA) is 20.3 Å². The van der Waals surface area contributed by atoms with Gasteiger partial charge in [0.2, 0.25) is 5.91 Å². The molecule has 0 spiro atoms. The Morgan fingerprint density at radius 3 is 2.81 bits per heavy atom. The molecule has 2 nitrogen and oxygen atoms in total. The number of rotatable bonds is 4. The number of carbonyl (C=O) groups is 1. The van der Waals surface area contributed by atoms with Crippen LogP contribution in [0.3, 0.4) is 0 Å². The van der Waals surface area contributed by atoms with Crippen molar-refractivity contribution in [3.05, 3.63) is 57.8 Å². The van der Waals surface area contributed by atoms with Gasteiger partial charge in [0.1, 0.15) is 0 Å². The van der Waals surface area contributed by atoms with E-state index in [0.717, 1.165) is 25.8 Å². The van der Waals surface area contributed by atoms with Crippen molar-refractivity contribution in [3.63, 3.8) is 0 Å². The summed E-state index contributed by atoms with van der Waals surface area (Å²) in [5, 5.41) is 4.21. The molecule has 1 saturated heterocycles. The maximum absolute atomic E-state index is 12.5. The normalized spacial score (nSPS) is 18.1. The number of hydrogen-bond acceptors (Lipinski definition) is 2. The van der Waals surface area contributed by atoms with Crippen LogP contribution in [0, 0.1) is 6.92 Å². The highest BCUT2D eigenvalue weighted by Gasteiger charge is 2.29. The van der Waals surface area contributed by atoms with E-state index in [9.17, 15) is 4.79 Å². The fourth-order valence-electron chi connectivity index (χ4n) is 3.03. The van der Waals surface area contributed by atoms with Gasteiger partial charge in [-0.1, -0.05) is 29.8 Å². The van der Waals surface area contributed by atoms with Crippen molar-refractivity contribution in [1.82, 2.24) is 4.90 Å². The lowest BCUT2D eigenvalue weighted by atomic mass is 10.0. The Morgan fingerprint density at radius 1 is 1.29 bits per heavy atom. The molecule has 0 bridgehead atoms. The molecule has 0 aliphatic carbocycles. The zero-order valence-electron chi connectivity index (χ0n) is 12.4. The third-order valence-electron chi connectivity index (χ3n) is 4.24. The molecule has 21 heavy (non-hydrogen) atoms. The van der Waals surface area contributed by atoms with Gasteiger partial charge in [-0.25, -0.2) is 0 Å². The summed E-state index contributed by atoms with van der Waals surface area (Å²) in [6.07, 6.45) is 3.69. The number of carbonyl (C=O) groups excluding carboxylic acids is 1. The number of hydrogen-bond donors (Lipinski definition) is 0. The van der Waals surface area contributed by atoms with Crippen molar-refractivity contribution in [2.45, 2.75) is 38.6 Å². The van der Waals surface area contributed by atoms with Crippen LogP contribution in [-0.4, -0.2) is 17.4 Å². The van der Waals surface area contributed by atoms with Crippen LogP contribution < -0.4 is 0 Å². The first kappa shape index (κ1) is 14.3. The first-order valence-corrected chi connectivity index (χ1v) is 8.55. The van der Waals surface area contributed by atoms with Gasteiger partial charge in [0.05, 0.1) is 6.04 Å². The monoisotopic (exact) mass is 299 g/mol. The van der Waals surface area contributed by atoms with Gasteiger partial charge in [-0.15, -0.1) is 0 Å². The van der Waals surface area contributed by atoms with Crippen LogP contribution >= 0.6 is 11.3 Å². The van der Waals surface area contributed by atoms with Gasteiger partial charge >= 0.3 is 0 Å². The van der Waals surface area contributed by atoms with Crippen LogP contribution in [0.15, 0.2) is 41.1 Å². The smallest absolute Gasteiger partial charge is 0.223 e. The molecule has 0 saturated carbocycles. The standard InChI is InChI=1S/C18H21NOS/c1-14-4-7-16(8-5-14)17-3-2-11-19(17)18(20)9-6-15-10-12-21-13-15/h4-5,7-8,10,12-13,17H,2-3,6,9,11H2,1H3. The van der Waals surface area contributed by atoms with Crippen molar-refractivity contribution >= 4 is 17.2 Å². The van der Waals surface area contributed by atoms with E-state index in [0.29, 0.717) is 12.3 Å². The second kappa shape index (κ2) is 6.44. The Morgan fingerprint density at radius 2 is 2.10 bits per heavy atom. The number of likely N-dealkylation sites (tertiary alicyclic amines) is 1. The maximum atomic E-state index is 12.5. The second-order valence-corrected chi connectivity index (χ2v) is 6.57. The second-order valence-electron chi connectivity index (χ2n) is 5.79. The minimum atomic E-state index is 0.278. The van der Waals surface area contributed by atoms with E-state index in [2.05, 4.69) is 52.9 Å². The third kappa shape index (κ3) is 3.35. The average Bonchev–Trinajstić information content (AvgIpc) is 3.17. The van der Waals surface area contributed by atoms with E-state index < -0.39 is 0 Å². The summed E-state index contributed by atoms with van der Waals surface area (Å²) in [7, 11) is 0. The number of aryl methyl sites for hydroxylation is 2. The van der Waals surface area contributed by atoms with E-state index >= 15 is 0 Å². The first-order valence-electron chi connectivity index (χ1n) is 7.61. The summed E-state index contributed by atoms with van der Waals surface area (Å²) in [4.78, 5) is 14.6. The summed E-state index contributed by atoms with van der Waals surface area (Å²) < 4.78 is 0. The summed E-state index contributed by atoms with van der Waals surface area (Å²) in [6, 6.07) is 11.0. The predicted octanol–water partition coefficient (Wildman–Crippen LogP) is 4.35. The molecule has 1 unspecified atom stereocenters. The van der Waals surface area contributed by atoms with Crippen LogP contribution in [0.5, 0.6) is 0 Å². The fraction of sp³-hybridized carbons (Fsp3) is 0.389. The highest BCUT2D eigenvalue weighted by atomic mass is 32.1. The third-order valence-corrected chi connectivity index (χ3v) is 4.97. The van der Waals surface area contributed by atoms with Crippen LogP contribution in [0.25, 0.3) is 0 Å². The Hall–Kier alpha value is -1.61. The molecular formula is C18H21NOS. The van der Waals surface area contributed by atoms with Crippen molar-refractivity contribution in [1.29, 1.82) is 0 Å². The minimum absolute atomic E-state index is 0.278. The van der Waals surface area contributed by atoms with Crippen molar-refractivity contribution in [2.75, 3.05) is 6.54 Å². The largest absolute Gasteiger partial charge is 0.336 e. The number of amides is 1. The van der Waals surface area contributed by atoms with Crippen molar-refractivity contribution < 1.29 is 4.79 Å². The number of benzene rings is 1. The Kier molecular flexibility index (Phi) is 4.39. The van der Waals surface area contributed by atoms with Gasteiger partial charge in [-0.05, 0) is 54.1 Å². The van der Waals surface area contributed by atoms with Crippen LogP contribution in [-0.2, 0) is 11.2 Å². The van der Waals surface area contributed by atoms with Gasteiger partial charge in [0.25, 0.3) is 0 Å². The lowest BCUT2D eigenvalue weighted by Gasteiger charge is -2.25. The molecule has 1 amide bonds. The Bertz CT molecular complexity index is 588. The Labute approximate surface area is 130 Å². The average molecular weight is 299 g/mol.